The number of nitro benzene ring substituents is 1. The normalized spacial score (nSPS) is 13.9. The summed E-state index contributed by atoms with van der Waals surface area (Å²) in [6.45, 7) is 0.244. The Balaban J connectivity index is 1.74. The molecule has 0 aliphatic carbocycles. The lowest BCUT2D eigenvalue weighted by Crippen LogP contribution is -2.37. The van der Waals surface area contributed by atoms with E-state index in [2.05, 4.69) is 10.3 Å². The van der Waals surface area contributed by atoms with E-state index >= 15 is 0 Å². The van der Waals surface area contributed by atoms with E-state index in [9.17, 15) is 19.7 Å². The molecule has 2 amide bonds. The summed E-state index contributed by atoms with van der Waals surface area (Å²) < 4.78 is 0. The monoisotopic (exact) mass is 394 g/mol. The lowest BCUT2D eigenvalue weighted by atomic mass is 10.0. The molecule has 0 unspecified atom stereocenters. The Kier molecular flexibility index (Phi) is 4.58. The highest BCUT2D eigenvalue weighted by Gasteiger charge is 2.38. The summed E-state index contributed by atoms with van der Waals surface area (Å²) in [5, 5.41) is 16.0. The zero-order valence-electron chi connectivity index (χ0n) is 14.4. The minimum atomic E-state index is -1.02. The molecule has 2 heterocycles. The highest BCUT2D eigenvalue weighted by Crippen LogP contribution is 2.33. The molecule has 0 saturated heterocycles. The zero-order valence-corrected chi connectivity index (χ0v) is 15.3. The number of nitrogens with one attached hydrogen (secondary N) is 1. The van der Waals surface area contributed by atoms with Crippen LogP contribution in [0.15, 0.2) is 60.1 Å². The Morgan fingerprint density at radius 3 is 2.79 bits per heavy atom. The molecule has 8 nitrogen and oxygen atoms in total. The number of carbonyl (C=O) groups is 2. The van der Waals surface area contributed by atoms with Crippen LogP contribution in [0.5, 0.6) is 0 Å². The number of non-ortho nitro benzene ring substituents is 1. The third-order valence-electron chi connectivity index (χ3n) is 4.47. The second-order valence-corrected chi connectivity index (χ2v) is 7.07. The van der Waals surface area contributed by atoms with Crippen molar-refractivity contribution in [2.45, 2.75) is 12.6 Å². The number of benzene rings is 2. The molecule has 1 aliphatic heterocycles. The van der Waals surface area contributed by atoms with E-state index in [0.717, 1.165) is 5.56 Å². The van der Waals surface area contributed by atoms with Gasteiger partial charge >= 0.3 is 0 Å². The quantitative estimate of drug-likeness (QED) is 0.527. The number of hydrogen-bond acceptors (Lipinski definition) is 6. The number of hydrogen-bond donors (Lipinski definition) is 1. The van der Waals surface area contributed by atoms with Gasteiger partial charge in [-0.2, -0.15) is 0 Å². The van der Waals surface area contributed by atoms with Gasteiger partial charge in [0.2, 0.25) is 0 Å². The van der Waals surface area contributed by atoms with Crippen molar-refractivity contribution in [3.05, 3.63) is 86.9 Å². The van der Waals surface area contributed by atoms with Crippen LogP contribution in [0, 0.1) is 10.1 Å². The van der Waals surface area contributed by atoms with Gasteiger partial charge in [0.05, 0.1) is 4.92 Å². The molecule has 2 aromatic carbocycles. The average Bonchev–Trinajstić information content (AvgIpc) is 3.31. The molecule has 0 fully saturated rings. The fourth-order valence-electron chi connectivity index (χ4n) is 3.23. The fraction of sp³-hybridized carbons (Fsp3) is 0.105. The van der Waals surface area contributed by atoms with Gasteiger partial charge in [0.25, 0.3) is 17.5 Å². The molecule has 0 bridgehead atoms. The molecule has 0 radical (unpaired) electrons. The minimum Gasteiger partial charge on any atom is -0.318 e. The molecule has 1 aliphatic rings. The Bertz CT molecular complexity index is 1070. The lowest BCUT2D eigenvalue weighted by Gasteiger charge is -2.26. The van der Waals surface area contributed by atoms with Crippen LogP contribution in [-0.2, 0) is 11.3 Å². The Morgan fingerprint density at radius 2 is 2.07 bits per heavy atom. The highest BCUT2D eigenvalue weighted by molar-refractivity contribution is 7.13. The molecular formula is C19H14N4O4S. The van der Waals surface area contributed by atoms with E-state index in [4.69, 9.17) is 0 Å². The van der Waals surface area contributed by atoms with Crippen LogP contribution in [0.1, 0.15) is 27.5 Å². The number of thiazole rings is 1. The molecular weight excluding hydrogens is 380 g/mol. The number of carbonyl (C=O) groups excluding carboxylic acids is 2. The molecule has 3 aromatic rings. The molecule has 1 aromatic heterocycles. The topological polar surface area (TPSA) is 105 Å². The van der Waals surface area contributed by atoms with Gasteiger partial charge in [-0.3, -0.25) is 25.0 Å². The predicted molar refractivity (Wildman–Crippen MR) is 103 cm³/mol. The molecule has 28 heavy (non-hydrogen) atoms. The summed E-state index contributed by atoms with van der Waals surface area (Å²) in [6.07, 6.45) is 1.56. The van der Waals surface area contributed by atoms with Crippen LogP contribution in [0.25, 0.3) is 0 Å². The number of nitrogens with zero attached hydrogens (tertiary/aromatic N) is 3. The Morgan fingerprint density at radius 1 is 1.25 bits per heavy atom. The number of aromatic nitrogens is 1. The Labute approximate surface area is 163 Å². The smallest absolute Gasteiger partial charge is 0.269 e. The van der Waals surface area contributed by atoms with Gasteiger partial charge in [-0.05, 0) is 17.2 Å². The minimum absolute atomic E-state index is 0.145. The van der Waals surface area contributed by atoms with E-state index in [1.807, 2.05) is 12.1 Å². The van der Waals surface area contributed by atoms with Crippen molar-refractivity contribution in [1.82, 2.24) is 9.88 Å². The molecule has 4 rings (SSSR count). The number of nitro groups is 1. The molecule has 9 heteroatoms. The van der Waals surface area contributed by atoms with Gasteiger partial charge in [-0.15, -0.1) is 11.3 Å². The van der Waals surface area contributed by atoms with Crippen LogP contribution < -0.4 is 5.32 Å². The third-order valence-corrected chi connectivity index (χ3v) is 5.16. The third kappa shape index (κ3) is 3.23. The summed E-state index contributed by atoms with van der Waals surface area (Å²) in [4.78, 5) is 42.1. The van der Waals surface area contributed by atoms with Gasteiger partial charge in [-0.1, -0.05) is 30.3 Å². The maximum absolute atomic E-state index is 13.1. The largest absolute Gasteiger partial charge is 0.318 e. The van der Waals surface area contributed by atoms with Gasteiger partial charge in [-0.25, -0.2) is 4.98 Å². The van der Waals surface area contributed by atoms with Crippen molar-refractivity contribution in [1.29, 1.82) is 0 Å². The van der Waals surface area contributed by atoms with Crippen molar-refractivity contribution >= 4 is 34.0 Å². The second-order valence-electron chi connectivity index (χ2n) is 6.17. The molecule has 1 N–H and O–H groups in total. The fourth-order valence-corrected chi connectivity index (χ4v) is 3.76. The van der Waals surface area contributed by atoms with Crippen molar-refractivity contribution < 1.29 is 14.5 Å². The van der Waals surface area contributed by atoms with E-state index in [1.54, 1.807) is 29.8 Å². The van der Waals surface area contributed by atoms with Crippen LogP contribution in [0.4, 0.5) is 10.8 Å². The van der Waals surface area contributed by atoms with Crippen molar-refractivity contribution in [2.24, 2.45) is 0 Å². The first-order valence-electron chi connectivity index (χ1n) is 8.38. The van der Waals surface area contributed by atoms with Crippen LogP contribution >= 0.6 is 11.3 Å². The van der Waals surface area contributed by atoms with E-state index in [-0.39, 0.29) is 18.1 Å². The lowest BCUT2D eigenvalue weighted by molar-refractivity contribution is -0.384. The number of rotatable bonds is 5. The van der Waals surface area contributed by atoms with Crippen LogP contribution in [-0.4, -0.2) is 26.6 Å². The van der Waals surface area contributed by atoms with Crippen molar-refractivity contribution in [2.75, 3.05) is 5.32 Å². The molecule has 140 valence electrons. The SMILES string of the molecule is O=C(Nc1nccs1)[C@H](c1cccc([N+](=O)[O-])c1)N1Cc2ccccc2C1=O. The van der Waals surface area contributed by atoms with Crippen LogP contribution in [0.3, 0.4) is 0 Å². The first-order chi connectivity index (χ1) is 13.5. The summed E-state index contributed by atoms with van der Waals surface area (Å²) in [5.74, 6) is -0.766. The maximum Gasteiger partial charge on any atom is 0.269 e. The second kappa shape index (κ2) is 7.20. The average molecular weight is 394 g/mol. The molecule has 1 atom stereocenters. The summed E-state index contributed by atoms with van der Waals surface area (Å²) in [5.41, 5.74) is 1.56. The first-order valence-corrected chi connectivity index (χ1v) is 9.26. The zero-order chi connectivity index (χ0) is 19.7. The van der Waals surface area contributed by atoms with Gasteiger partial charge < -0.3 is 4.90 Å². The number of amides is 2. The summed E-state index contributed by atoms with van der Waals surface area (Å²) in [7, 11) is 0. The van der Waals surface area contributed by atoms with Crippen molar-refractivity contribution in [3.63, 3.8) is 0 Å². The summed E-state index contributed by atoms with van der Waals surface area (Å²) >= 11 is 1.25. The van der Waals surface area contributed by atoms with Gasteiger partial charge in [0.1, 0.15) is 6.04 Å². The van der Waals surface area contributed by atoms with Crippen LogP contribution in [0.2, 0.25) is 0 Å². The standard InChI is InChI=1S/C19H14N4O4S/c24-17(21-19-20-8-9-28-19)16(12-5-3-6-14(10-12)23(26)27)22-11-13-4-1-2-7-15(13)18(22)25/h1-10,16H,11H2,(H,20,21,24)/t16-/m0/s1. The van der Waals surface area contributed by atoms with E-state index < -0.39 is 16.9 Å². The van der Waals surface area contributed by atoms with E-state index in [0.29, 0.717) is 16.3 Å². The molecule has 0 saturated carbocycles. The molecule has 0 spiro atoms. The van der Waals surface area contributed by atoms with Gasteiger partial charge in [0.15, 0.2) is 5.13 Å². The number of fused-ring (bicyclic) bond motifs is 1. The van der Waals surface area contributed by atoms with Gasteiger partial charge in [0, 0.05) is 35.8 Å². The first kappa shape index (κ1) is 17.8. The number of anilines is 1. The highest BCUT2D eigenvalue weighted by atomic mass is 32.1. The van der Waals surface area contributed by atoms with E-state index in [1.165, 1.54) is 34.4 Å². The van der Waals surface area contributed by atoms with Crippen molar-refractivity contribution in [3.8, 4) is 0 Å². The summed E-state index contributed by atoms with van der Waals surface area (Å²) in [6, 6.07) is 11.9. The Hall–Kier alpha value is -3.59. The predicted octanol–water partition coefficient (Wildman–Crippen LogP) is 3.39. The maximum atomic E-state index is 13.1.